The summed E-state index contributed by atoms with van der Waals surface area (Å²) in [5, 5.41) is 0. The number of Topliss-reactive ketones (excluding diaryl/α,β-unsaturated/α-hetero) is 1. The Bertz CT molecular complexity index is 507. The standard InChI is InChI=1S/C19H27NO/c1-4-18(21)19-16(15-8-5-13(2)6-9-15)11-14-7-10-17(19)20(3)12-14/h5-6,8-9,14,16-17,19H,4,7,10-12H2,1-3H3/t14-,16+,17+,19+/m0/s1. The van der Waals surface area contributed by atoms with Gasteiger partial charge in [-0.25, -0.2) is 0 Å². The lowest BCUT2D eigenvalue weighted by Gasteiger charge is -2.37. The zero-order chi connectivity index (χ0) is 15.0. The van der Waals surface area contributed by atoms with E-state index < -0.39 is 0 Å². The summed E-state index contributed by atoms with van der Waals surface area (Å²) in [4.78, 5) is 15.1. The summed E-state index contributed by atoms with van der Waals surface area (Å²) >= 11 is 0. The minimum atomic E-state index is 0.190. The highest BCUT2D eigenvalue weighted by Crippen LogP contribution is 2.45. The average molecular weight is 285 g/mol. The maximum absolute atomic E-state index is 12.7. The lowest BCUT2D eigenvalue weighted by molar-refractivity contribution is -0.125. The molecule has 1 aromatic carbocycles. The first-order chi connectivity index (χ1) is 10.1. The van der Waals surface area contributed by atoms with Gasteiger partial charge >= 0.3 is 0 Å². The first kappa shape index (κ1) is 14.8. The van der Waals surface area contributed by atoms with E-state index in [2.05, 4.69) is 43.1 Å². The van der Waals surface area contributed by atoms with E-state index in [0.717, 1.165) is 5.92 Å². The van der Waals surface area contributed by atoms with E-state index in [1.54, 1.807) is 0 Å². The molecular weight excluding hydrogens is 258 g/mol. The predicted octanol–water partition coefficient (Wildman–Crippen LogP) is 3.79. The fourth-order valence-corrected chi connectivity index (χ4v) is 4.51. The van der Waals surface area contributed by atoms with Crippen molar-refractivity contribution in [3.63, 3.8) is 0 Å². The third kappa shape index (κ3) is 2.78. The number of aryl methyl sites for hydroxylation is 1. The second-order valence-electron chi connectivity index (χ2n) is 7.05. The van der Waals surface area contributed by atoms with Crippen LogP contribution in [0.4, 0.5) is 0 Å². The maximum atomic E-state index is 12.7. The van der Waals surface area contributed by atoms with Gasteiger partial charge in [-0.15, -0.1) is 0 Å². The maximum Gasteiger partial charge on any atom is 0.137 e. The molecule has 0 spiro atoms. The number of fused-ring (bicyclic) bond motifs is 4. The summed E-state index contributed by atoms with van der Waals surface area (Å²) < 4.78 is 0. The number of ketones is 1. The van der Waals surface area contributed by atoms with E-state index in [1.165, 1.54) is 36.9 Å². The van der Waals surface area contributed by atoms with Gasteiger partial charge in [0.05, 0.1) is 0 Å². The molecule has 2 saturated heterocycles. The van der Waals surface area contributed by atoms with Crippen molar-refractivity contribution in [3.8, 4) is 0 Å². The van der Waals surface area contributed by atoms with Crippen molar-refractivity contribution in [1.29, 1.82) is 0 Å². The summed E-state index contributed by atoms with van der Waals surface area (Å²) in [6.45, 7) is 5.31. The molecule has 114 valence electrons. The average Bonchev–Trinajstić information content (AvgIpc) is 2.74. The van der Waals surface area contributed by atoms with Crippen LogP contribution in [-0.2, 0) is 4.79 Å². The lowest BCUT2D eigenvalue weighted by Crippen LogP contribution is -2.45. The van der Waals surface area contributed by atoms with Gasteiger partial charge < -0.3 is 4.90 Å². The summed E-state index contributed by atoms with van der Waals surface area (Å²) in [7, 11) is 2.21. The highest BCUT2D eigenvalue weighted by atomic mass is 16.1. The van der Waals surface area contributed by atoms with E-state index in [-0.39, 0.29) is 5.92 Å². The van der Waals surface area contributed by atoms with Gasteiger partial charge in [0.25, 0.3) is 0 Å². The number of carbonyl (C=O) groups is 1. The van der Waals surface area contributed by atoms with Crippen molar-refractivity contribution in [2.75, 3.05) is 13.6 Å². The zero-order valence-electron chi connectivity index (χ0n) is 13.5. The molecule has 3 fully saturated rings. The molecule has 2 heterocycles. The highest BCUT2D eigenvalue weighted by Gasteiger charge is 2.44. The van der Waals surface area contributed by atoms with Crippen LogP contribution in [0.25, 0.3) is 0 Å². The number of benzene rings is 1. The normalized spacial score (nSPS) is 32.9. The second-order valence-corrected chi connectivity index (χ2v) is 7.05. The molecule has 2 aliphatic heterocycles. The van der Waals surface area contributed by atoms with Crippen molar-refractivity contribution in [2.24, 2.45) is 11.8 Å². The Hall–Kier alpha value is -1.15. The van der Waals surface area contributed by atoms with Crippen LogP contribution in [0.1, 0.15) is 49.7 Å². The SMILES string of the molecule is CCC(=O)[C@@H]1[C@@H](c2ccc(C)cc2)C[C@@H]2CC[C@H]1N(C)C2. The molecule has 4 rings (SSSR count). The molecule has 21 heavy (non-hydrogen) atoms. The molecule has 1 aliphatic carbocycles. The first-order valence-corrected chi connectivity index (χ1v) is 8.39. The molecule has 2 bridgehead atoms. The zero-order valence-corrected chi connectivity index (χ0v) is 13.5. The van der Waals surface area contributed by atoms with Gasteiger partial charge in [0.15, 0.2) is 0 Å². The van der Waals surface area contributed by atoms with E-state index in [4.69, 9.17) is 0 Å². The summed E-state index contributed by atoms with van der Waals surface area (Å²) in [6, 6.07) is 9.34. The Morgan fingerprint density at radius 1 is 1.24 bits per heavy atom. The van der Waals surface area contributed by atoms with Crippen molar-refractivity contribution in [3.05, 3.63) is 35.4 Å². The monoisotopic (exact) mass is 285 g/mol. The number of rotatable bonds is 3. The van der Waals surface area contributed by atoms with Crippen LogP contribution < -0.4 is 0 Å². The molecule has 2 nitrogen and oxygen atoms in total. The largest absolute Gasteiger partial charge is 0.302 e. The second kappa shape index (κ2) is 5.92. The lowest BCUT2D eigenvalue weighted by atomic mass is 9.77. The molecule has 3 aliphatic rings. The van der Waals surface area contributed by atoms with Crippen molar-refractivity contribution < 1.29 is 4.79 Å². The van der Waals surface area contributed by atoms with Crippen LogP contribution in [-0.4, -0.2) is 30.3 Å². The fourth-order valence-electron chi connectivity index (χ4n) is 4.51. The Morgan fingerprint density at radius 2 is 1.95 bits per heavy atom. The topological polar surface area (TPSA) is 20.3 Å². The van der Waals surface area contributed by atoms with Gasteiger partial charge in [0.2, 0.25) is 0 Å². The summed E-state index contributed by atoms with van der Waals surface area (Å²) in [5.41, 5.74) is 2.67. The molecule has 0 radical (unpaired) electrons. The molecule has 1 saturated carbocycles. The first-order valence-electron chi connectivity index (χ1n) is 8.39. The van der Waals surface area contributed by atoms with Gasteiger partial charge in [0.1, 0.15) is 5.78 Å². The van der Waals surface area contributed by atoms with Gasteiger partial charge in [0, 0.05) is 24.9 Å². The number of hydrogen-bond donors (Lipinski definition) is 0. The minimum absolute atomic E-state index is 0.190. The Labute approximate surface area is 128 Å². The third-order valence-corrected chi connectivity index (χ3v) is 5.64. The van der Waals surface area contributed by atoms with E-state index in [1.807, 2.05) is 6.92 Å². The summed E-state index contributed by atoms with van der Waals surface area (Å²) in [6.07, 6.45) is 4.34. The summed E-state index contributed by atoms with van der Waals surface area (Å²) in [5.74, 6) is 1.82. The van der Waals surface area contributed by atoms with Crippen LogP contribution in [0, 0.1) is 18.8 Å². The number of piperidine rings is 1. The van der Waals surface area contributed by atoms with Gasteiger partial charge in [-0.2, -0.15) is 0 Å². The van der Waals surface area contributed by atoms with Crippen LogP contribution in [0.15, 0.2) is 24.3 Å². The molecule has 0 unspecified atom stereocenters. The van der Waals surface area contributed by atoms with E-state index in [0.29, 0.717) is 24.2 Å². The predicted molar refractivity (Wildman–Crippen MR) is 86.5 cm³/mol. The smallest absolute Gasteiger partial charge is 0.137 e. The van der Waals surface area contributed by atoms with Crippen LogP contribution in [0.5, 0.6) is 0 Å². The molecule has 0 amide bonds. The Balaban J connectivity index is 1.99. The Kier molecular flexibility index (Phi) is 4.17. The van der Waals surface area contributed by atoms with Crippen molar-refractivity contribution >= 4 is 5.78 Å². The van der Waals surface area contributed by atoms with Crippen molar-refractivity contribution in [2.45, 2.75) is 51.5 Å². The Morgan fingerprint density at radius 3 is 2.57 bits per heavy atom. The highest BCUT2D eigenvalue weighted by molar-refractivity contribution is 5.82. The molecule has 4 atom stereocenters. The number of hydrogen-bond acceptors (Lipinski definition) is 2. The van der Waals surface area contributed by atoms with E-state index in [9.17, 15) is 4.79 Å². The molecule has 1 aromatic rings. The van der Waals surface area contributed by atoms with Gasteiger partial charge in [-0.05, 0) is 50.6 Å². The third-order valence-electron chi connectivity index (χ3n) is 5.64. The molecular formula is C19H27NO. The van der Waals surface area contributed by atoms with Gasteiger partial charge in [-0.3, -0.25) is 4.79 Å². The minimum Gasteiger partial charge on any atom is -0.302 e. The fraction of sp³-hybridized carbons (Fsp3) is 0.632. The van der Waals surface area contributed by atoms with Crippen molar-refractivity contribution in [1.82, 2.24) is 4.90 Å². The number of carbonyl (C=O) groups excluding carboxylic acids is 1. The van der Waals surface area contributed by atoms with Crippen LogP contribution >= 0.6 is 0 Å². The van der Waals surface area contributed by atoms with Gasteiger partial charge in [-0.1, -0.05) is 36.8 Å². The van der Waals surface area contributed by atoms with Crippen LogP contribution in [0.2, 0.25) is 0 Å². The number of nitrogens with zero attached hydrogens (tertiary/aromatic N) is 1. The molecule has 0 aromatic heterocycles. The van der Waals surface area contributed by atoms with Crippen LogP contribution in [0.3, 0.4) is 0 Å². The molecule has 0 N–H and O–H groups in total. The van der Waals surface area contributed by atoms with E-state index >= 15 is 0 Å². The molecule has 2 heteroatoms. The quantitative estimate of drug-likeness (QED) is 0.842.